The van der Waals surface area contributed by atoms with E-state index in [1.54, 1.807) is 23.5 Å². The molecule has 9 N–H and O–H groups in total. The lowest BCUT2D eigenvalue weighted by Crippen LogP contribution is -2.64. The number of carbonyl (C=O) groups is 6. The van der Waals surface area contributed by atoms with Crippen LogP contribution in [0, 0.1) is 11.8 Å². The predicted molar refractivity (Wildman–Crippen MR) is 218 cm³/mol. The van der Waals surface area contributed by atoms with Gasteiger partial charge in [-0.05, 0) is 63.2 Å². The molecule has 2 rings (SSSR count). The number of hydrogen-bond acceptors (Lipinski definition) is 11. The van der Waals surface area contributed by atoms with Gasteiger partial charge in [0, 0.05) is 61.9 Å². The van der Waals surface area contributed by atoms with E-state index < -0.39 is 47.3 Å². The average Bonchev–Trinajstić information content (AvgIpc) is 3.14. The van der Waals surface area contributed by atoms with Crippen LogP contribution in [-0.2, 0) is 45.0 Å². The Hall–Kier alpha value is -3.41. The van der Waals surface area contributed by atoms with Crippen LogP contribution >= 0.6 is 23.5 Å². The fourth-order valence-corrected chi connectivity index (χ4v) is 7.70. The van der Waals surface area contributed by atoms with Crippen LogP contribution in [0.4, 0.5) is 0 Å². The van der Waals surface area contributed by atoms with Crippen LogP contribution in [0.3, 0.4) is 0 Å². The monoisotopic (exact) mass is 808 g/mol. The smallest absolute Gasteiger partial charge is 0.246 e. The molecule has 0 aromatic carbocycles. The van der Waals surface area contributed by atoms with Crippen molar-refractivity contribution in [2.24, 2.45) is 23.3 Å². The third kappa shape index (κ3) is 17.9. The van der Waals surface area contributed by atoms with Crippen molar-refractivity contribution in [3.05, 3.63) is 29.6 Å². The minimum Gasteiger partial charge on any atom is -0.381 e. The first-order chi connectivity index (χ1) is 26.2. The number of hydrogen-bond donors (Lipinski definition) is 7. The van der Waals surface area contributed by atoms with Gasteiger partial charge < -0.3 is 42.8 Å². The quantitative estimate of drug-likeness (QED) is 0.0634. The fraction of sp³-hybridized carbons (Fsp3) is 0.711. The highest BCUT2D eigenvalue weighted by atomic mass is 32.2. The van der Waals surface area contributed by atoms with Gasteiger partial charge in [0.15, 0.2) is 0 Å². The maximum atomic E-state index is 13.8. The summed E-state index contributed by atoms with van der Waals surface area (Å²) in [4.78, 5) is 81.4. The van der Waals surface area contributed by atoms with Gasteiger partial charge in [-0.15, -0.1) is 0 Å². The molecule has 2 heterocycles. The minimum atomic E-state index is -1.24. The minimum absolute atomic E-state index is 0.0585. The maximum absolute atomic E-state index is 13.8. The molecule has 6 amide bonds. The lowest BCUT2D eigenvalue weighted by Gasteiger charge is -2.38. The van der Waals surface area contributed by atoms with E-state index >= 15 is 0 Å². The summed E-state index contributed by atoms with van der Waals surface area (Å²) < 4.78 is 5.52. The van der Waals surface area contributed by atoms with Gasteiger partial charge in [0.05, 0.1) is 11.4 Å². The van der Waals surface area contributed by atoms with Crippen molar-refractivity contribution < 1.29 is 33.5 Å². The van der Waals surface area contributed by atoms with Gasteiger partial charge in [-0.2, -0.15) is 23.5 Å². The number of aromatic nitrogens is 1. The van der Waals surface area contributed by atoms with E-state index in [4.69, 9.17) is 21.2 Å². The normalized spacial score (nSPS) is 16.0. The molecule has 0 spiro atoms. The number of nitrogens with one attached hydrogen (secondary N) is 5. The van der Waals surface area contributed by atoms with Crippen LogP contribution in [0.25, 0.3) is 0 Å². The lowest BCUT2D eigenvalue weighted by atomic mass is 9.87. The summed E-state index contributed by atoms with van der Waals surface area (Å²) in [6.07, 6.45) is 4.13. The molecular weight excluding hydrogens is 745 g/mol. The molecule has 15 nitrogen and oxygen atoms in total. The van der Waals surface area contributed by atoms with E-state index in [0.29, 0.717) is 42.3 Å². The number of nitrogens with two attached hydrogens (primary N) is 2. The van der Waals surface area contributed by atoms with Crippen LogP contribution in [0.15, 0.2) is 18.2 Å². The zero-order chi connectivity index (χ0) is 40.8. The Kier molecular flexibility index (Phi) is 22.3. The molecule has 0 radical (unpaired) electrons. The highest BCUT2D eigenvalue weighted by Gasteiger charge is 2.43. The first kappa shape index (κ1) is 47.7. The SMILES string of the molecule is CC[C@H](C)[C@H](NC(=O)[C@H](CC(C)C)NC(=O)C1(NC(=O)CCSCc2cccc(CSCCC(=O)N[C@H](CCCCNC)C(N)=O)n2)CCOCC1)C(N)=O. The molecule has 0 saturated carbocycles. The number of pyridine rings is 1. The number of unbranched alkanes of at least 4 members (excludes halogenated alkanes) is 1. The Morgan fingerprint density at radius 1 is 0.855 bits per heavy atom. The summed E-state index contributed by atoms with van der Waals surface area (Å²) in [5, 5.41) is 14.4. The molecule has 310 valence electrons. The number of thioether (sulfide) groups is 2. The fourth-order valence-electron chi connectivity index (χ4n) is 6.02. The van der Waals surface area contributed by atoms with Crippen molar-refractivity contribution in [1.82, 2.24) is 31.6 Å². The number of rotatable bonds is 27. The third-order valence-corrected chi connectivity index (χ3v) is 11.5. The molecule has 0 unspecified atom stereocenters. The highest BCUT2D eigenvalue weighted by Crippen LogP contribution is 2.23. The van der Waals surface area contributed by atoms with Crippen molar-refractivity contribution in [1.29, 1.82) is 0 Å². The van der Waals surface area contributed by atoms with Gasteiger partial charge in [0.2, 0.25) is 35.4 Å². The second kappa shape index (κ2) is 25.7. The third-order valence-electron chi connectivity index (χ3n) is 9.47. The predicted octanol–water partition coefficient (Wildman–Crippen LogP) is 1.90. The zero-order valence-electron chi connectivity index (χ0n) is 33.2. The molecule has 1 aromatic rings. The Balaban J connectivity index is 1.87. The van der Waals surface area contributed by atoms with Crippen LogP contribution in [0.5, 0.6) is 0 Å². The number of carbonyl (C=O) groups excluding carboxylic acids is 6. The average molecular weight is 809 g/mol. The standard InChI is InChI=1S/C38H64N8O7S2/c1-6-26(4)33(35(40)50)45-36(51)30(22-25(2)3)44-37(52)38(15-18-53-19-16-38)46-32(48)14-21-55-24-28-11-9-10-27(42-28)23-54-20-13-31(47)43-29(34(39)49)12-7-8-17-41-5/h9-11,25-26,29-30,33,41H,6-8,12-24H2,1-5H3,(H2,39,49)(H2,40,50)(H,43,47)(H,44,52)(H,45,51)(H,46,48)/t26-,29+,30-,33-/m0/s1. The highest BCUT2D eigenvalue weighted by molar-refractivity contribution is 7.98. The molecule has 1 aliphatic rings. The molecule has 1 fully saturated rings. The second-order valence-electron chi connectivity index (χ2n) is 14.5. The van der Waals surface area contributed by atoms with Crippen LogP contribution in [0.1, 0.15) is 96.9 Å². The van der Waals surface area contributed by atoms with Gasteiger partial charge in [0.1, 0.15) is 23.7 Å². The number of amides is 6. The van der Waals surface area contributed by atoms with Crippen molar-refractivity contribution >= 4 is 59.0 Å². The number of primary amides is 2. The van der Waals surface area contributed by atoms with Gasteiger partial charge in [0.25, 0.3) is 0 Å². The molecule has 55 heavy (non-hydrogen) atoms. The van der Waals surface area contributed by atoms with Crippen molar-refractivity contribution in [3.8, 4) is 0 Å². The van der Waals surface area contributed by atoms with E-state index in [9.17, 15) is 28.8 Å². The number of nitrogens with zero attached hydrogens (tertiary/aromatic N) is 1. The second-order valence-corrected chi connectivity index (χ2v) is 16.7. The summed E-state index contributed by atoms with van der Waals surface area (Å²) in [6.45, 7) is 9.00. The molecular formula is C38H64N8O7S2. The topological polar surface area (TPSA) is 237 Å². The van der Waals surface area contributed by atoms with Gasteiger partial charge in [-0.25, -0.2) is 0 Å². The van der Waals surface area contributed by atoms with E-state index in [-0.39, 0.29) is 62.5 Å². The van der Waals surface area contributed by atoms with Gasteiger partial charge in [-0.1, -0.05) is 40.2 Å². The van der Waals surface area contributed by atoms with Crippen LogP contribution < -0.4 is 38.1 Å². The Morgan fingerprint density at radius 2 is 1.47 bits per heavy atom. The maximum Gasteiger partial charge on any atom is 0.246 e. The summed E-state index contributed by atoms with van der Waals surface area (Å²) in [7, 11) is 1.87. The van der Waals surface area contributed by atoms with Crippen molar-refractivity contribution in [2.45, 2.75) is 121 Å². The molecule has 4 atom stereocenters. The molecule has 17 heteroatoms. The van der Waals surface area contributed by atoms with Gasteiger partial charge in [-0.3, -0.25) is 33.8 Å². The van der Waals surface area contributed by atoms with E-state index in [0.717, 1.165) is 30.8 Å². The van der Waals surface area contributed by atoms with Crippen molar-refractivity contribution in [3.63, 3.8) is 0 Å². The van der Waals surface area contributed by atoms with E-state index in [1.807, 2.05) is 52.9 Å². The van der Waals surface area contributed by atoms with E-state index in [2.05, 4.69) is 26.6 Å². The first-order valence-corrected chi connectivity index (χ1v) is 21.6. The van der Waals surface area contributed by atoms with Crippen molar-refractivity contribution in [2.75, 3.05) is 38.3 Å². The summed E-state index contributed by atoms with van der Waals surface area (Å²) in [6, 6.07) is 3.34. The Morgan fingerprint density at radius 3 is 2.02 bits per heavy atom. The molecule has 0 aliphatic carbocycles. The number of ether oxygens (including phenoxy) is 1. The van der Waals surface area contributed by atoms with Crippen LogP contribution in [0.2, 0.25) is 0 Å². The summed E-state index contributed by atoms with van der Waals surface area (Å²) >= 11 is 3.13. The lowest BCUT2D eigenvalue weighted by molar-refractivity contribution is -0.140. The summed E-state index contributed by atoms with van der Waals surface area (Å²) in [5.41, 5.74) is 11.6. The Labute approximate surface area is 334 Å². The zero-order valence-corrected chi connectivity index (χ0v) is 34.8. The molecule has 1 saturated heterocycles. The van der Waals surface area contributed by atoms with Gasteiger partial charge >= 0.3 is 0 Å². The molecule has 1 aromatic heterocycles. The van der Waals surface area contributed by atoms with Crippen LogP contribution in [-0.4, -0.2) is 102 Å². The Bertz CT molecular complexity index is 1400. The summed E-state index contributed by atoms with van der Waals surface area (Å²) in [5.74, 6) is -0.434. The molecule has 1 aliphatic heterocycles. The van der Waals surface area contributed by atoms with E-state index in [1.165, 1.54) is 0 Å². The molecule has 0 bridgehead atoms. The first-order valence-electron chi connectivity index (χ1n) is 19.3. The largest absolute Gasteiger partial charge is 0.381 e.